The molecule has 1 unspecified atom stereocenters. The third kappa shape index (κ3) is 3.86. The average molecular weight is 289 g/mol. The zero-order chi connectivity index (χ0) is 13.9. The number of anilines is 1. The molecule has 0 saturated heterocycles. The summed E-state index contributed by atoms with van der Waals surface area (Å²) >= 11 is 1.58. The Kier molecular flexibility index (Phi) is 4.34. The molecule has 1 N–H and O–H groups in total. The normalized spacial score (nSPS) is 20.0. The number of aliphatic imine (C=N–C) groups is 1. The van der Waals surface area contributed by atoms with E-state index in [9.17, 15) is 13.2 Å². The summed E-state index contributed by atoms with van der Waals surface area (Å²) in [5.41, 5.74) is -0.362. The van der Waals surface area contributed by atoms with Gasteiger partial charge < -0.3 is 5.32 Å². The van der Waals surface area contributed by atoms with Crippen LogP contribution in [0.5, 0.6) is 0 Å². The van der Waals surface area contributed by atoms with Crippen LogP contribution in [0.15, 0.2) is 23.3 Å². The van der Waals surface area contributed by atoms with Crippen molar-refractivity contribution in [3.63, 3.8) is 0 Å². The Morgan fingerprint density at radius 2 is 2.21 bits per heavy atom. The van der Waals surface area contributed by atoms with Gasteiger partial charge in [-0.3, -0.25) is 4.99 Å². The first-order valence-corrected chi connectivity index (χ1v) is 6.98. The van der Waals surface area contributed by atoms with Crippen molar-refractivity contribution in [2.75, 3.05) is 11.1 Å². The number of pyridine rings is 1. The summed E-state index contributed by atoms with van der Waals surface area (Å²) in [4.78, 5) is 7.89. The average Bonchev–Trinajstić information content (AvgIpc) is 2.38. The van der Waals surface area contributed by atoms with E-state index in [0.717, 1.165) is 29.8 Å². The van der Waals surface area contributed by atoms with Crippen LogP contribution in [0, 0.1) is 0 Å². The van der Waals surface area contributed by atoms with E-state index in [1.807, 2.05) is 0 Å². The maximum Gasteiger partial charge on any atom is 0.433 e. The van der Waals surface area contributed by atoms with E-state index >= 15 is 0 Å². The van der Waals surface area contributed by atoms with Crippen LogP contribution in [0.1, 0.15) is 25.5 Å². The summed E-state index contributed by atoms with van der Waals surface area (Å²) < 4.78 is 37.1. The topological polar surface area (TPSA) is 37.3 Å². The summed E-state index contributed by atoms with van der Waals surface area (Å²) in [7, 11) is 0. The predicted octanol–water partition coefficient (Wildman–Crippen LogP) is 3.78. The van der Waals surface area contributed by atoms with E-state index in [0.29, 0.717) is 11.7 Å². The second-order valence-corrected chi connectivity index (χ2v) is 5.27. The van der Waals surface area contributed by atoms with Gasteiger partial charge in [0, 0.05) is 5.75 Å². The van der Waals surface area contributed by atoms with Gasteiger partial charge in [0.25, 0.3) is 0 Å². The van der Waals surface area contributed by atoms with Crippen molar-refractivity contribution in [2.24, 2.45) is 4.99 Å². The Bertz CT molecular complexity index is 456. The molecule has 0 saturated carbocycles. The number of nitrogens with zero attached hydrogens (tertiary/aromatic N) is 2. The molecule has 2 rings (SSSR count). The molecule has 1 aromatic rings. The van der Waals surface area contributed by atoms with Gasteiger partial charge in [0.15, 0.2) is 5.17 Å². The van der Waals surface area contributed by atoms with Crippen LogP contribution < -0.4 is 5.32 Å². The number of amidine groups is 1. The number of halogens is 3. The third-order valence-electron chi connectivity index (χ3n) is 2.77. The van der Waals surface area contributed by atoms with Gasteiger partial charge in [0.2, 0.25) is 0 Å². The van der Waals surface area contributed by atoms with E-state index in [4.69, 9.17) is 0 Å². The quantitative estimate of drug-likeness (QED) is 0.900. The molecule has 3 nitrogen and oxygen atoms in total. The predicted molar refractivity (Wildman–Crippen MR) is 71.5 cm³/mol. The lowest BCUT2D eigenvalue weighted by atomic mass is 10.2. The van der Waals surface area contributed by atoms with Crippen LogP contribution >= 0.6 is 11.8 Å². The lowest BCUT2D eigenvalue weighted by Gasteiger charge is -2.19. The third-order valence-corrected chi connectivity index (χ3v) is 3.69. The zero-order valence-electron chi connectivity index (χ0n) is 10.4. The maximum atomic E-state index is 12.4. The number of hydrogen-bond acceptors (Lipinski definition) is 4. The van der Waals surface area contributed by atoms with Crippen LogP contribution in [0.4, 0.5) is 18.9 Å². The molecule has 1 aromatic heterocycles. The molecule has 0 amide bonds. The number of nitrogens with one attached hydrogen (secondary N) is 1. The fourth-order valence-corrected chi connectivity index (χ4v) is 2.68. The highest BCUT2D eigenvalue weighted by molar-refractivity contribution is 8.14. The van der Waals surface area contributed by atoms with Crippen molar-refractivity contribution in [3.8, 4) is 0 Å². The Balaban J connectivity index is 2.06. The van der Waals surface area contributed by atoms with Gasteiger partial charge in [0.05, 0.1) is 17.9 Å². The van der Waals surface area contributed by atoms with Gasteiger partial charge in [-0.2, -0.15) is 13.2 Å². The number of hydrogen-bond donors (Lipinski definition) is 1. The molecule has 1 atom stereocenters. The number of aromatic nitrogens is 1. The minimum Gasteiger partial charge on any atom is -0.334 e. The second-order valence-electron chi connectivity index (χ2n) is 4.19. The molecule has 0 bridgehead atoms. The molecule has 7 heteroatoms. The first-order valence-electron chi connectivity index (χ1n) is 6.00. The number of thioether (sulfide) groups is 1. The van der Waals surface area contributed by atoms with Gasteiger partial charge in [-0.25, -0.2) is 4.98 Å². The summed E-state index contributed by atoms with van der Waals surface area (Å²) in [6.45, 7) is 2.07. The van der Waals surface area contributed by atoms with Crippen molar-refractivity contribution >= 4 is 22.6 Å². The Hall–Kier alpha value is -1.24. The fraction of sp³-hybridized carbons (Fsp3) is 0.500. The Morgan fingerprint density at radius 1 is 1.42 bits per heavy atom. The summed E-state index contributed by atoms with van der Waals surface area (Å²) in [5.74, 6) is 0.971. The minimum atomic E-state index is -4.40. The lowest BCUT2D eigenvalue weighted by Crippen LogP contribution is -2.19. The second kappa shape index (κ2) is 5.81. The molecule has 1 aliphatic heterocycles. The summed E-state index contributed by atoms with van der Waals surface area (Å²) in [6.07, 6.45) is -1.21. The smallest absolute Gasteiger partial charge is 0.334 e. The fourth-order valence-electron chi connectivity index (χ4n) is 1.68. The molecule has 2 heterocycles. The Labute approximate surface area is 113 Å². The zero-order valence-corrected chi connectivity index (χ0v) is 11.2. The molecule has 104 valence electrons. The molecule has 0 aromatic carbocycles. The number of rotatable bonds is 2. The highest BCUT2D eigenvalue weighted by Crippen LogP contribution is 2.28. The van der Waals surface area contributed by atoms with Crippen molar-refractivity contribution in [1.82, 2.24) is 4.98 Å². The summed E-state index contributed by atoms with van der Waals surface area (Å²) in [5, 5.41) is 3.76. The van der Waals surface area contributed by atoms with Gasteiger partial charge >= 0.3 is 6.18 Å². The molecular formula is C12H14F3N3S. The van der Waals surface area contributed by atoms with Gasteiger partial charge in [-0.05, 0) is 25.0 Å². The lowest BCUT2D eigenvalue weighted by molar-refractivity contribution is -0.141. The van der Waals surface area contributed by atoms with Crippen LogP contribution in [-0.2, 0) is 6.18 Å². The molecule has 0 radical (unpaired) electrons. The standard InChI is InChI=1S/C12H14F3N3S/c1-2-8-5-6-19-11(17-8)18-9-3-4-10(16-7-9)12(13,14)15/h3-4,7-8H,2,5-6H2,1H3,(H,17,18). The van der Waals surface area contributed by atoms with Crippen molar-refractivity contribution < 1.29 is 13.2 Å². The van der Waals surface area contributed by atoms with Gasteiger partial charge in [0.1, 0.15) is 5.69 Å². The van der Waals surface area contributed by atoms with E-state index in [2.05, 4.69) is 22.2 Å². The van der Waals surface area contributed by atoms with E-state index in [1.165, 1.54) is 12.3 Å². The maximum absolute atomic E-state index is 12.4. The Morgan fingerprint density at radius 3 is 2.79 bits per heavy atom. The molecule has 0 fully saturated rings. The van der Waals surface area contributed by atoms with Crippen LogP contribution in [0.2, 0.25) is 0 Å². The first-order chi connectivity index (χ1) is 8.99. The SMILES string of the molecule is CCC1CCSC(Nc2ccc(C(F)(F)F)nc2)=N1. The number of alkyl halides is 3. The minimum absolute atomic E-state index is 0.297. The van der Waals surface area contributed by atoms with Gasteiger partial charge in [-0.15, -0.1) is 0 Å². The van der Waals surface area contributed by atoms with Crippen molar-refractivity contribution in [1.29, 1.82) is 0 Å². The van der Waals surface area contributed by atoms with E-state index < -0.39 is 11.9 Å². The van der Waals surface area contributed by atoms with Crippen LogP contribution in [0.3, 0.4) is 0 Å². The molecule has 0 aliphatic carbocycles. The highest BCUT2D eigenvalue weighted by atomic mass is 32.2. The van der Waals surface area contributed by atoms with E-state index in [1.54, 1.807) is 11.8 Å². The first kappa shape index (κ1) is 14.2. The molecular weight excluding hydrogens is 275 g/mol. The van der Waals surface area contributed by atoms with E-state index in [-0.39, 0.29) is 0 Å². The van der Waals surface area contributed by atoms with Crippen LogP contribution in [0.25, 0.3) is 0 Å². The molecule has 19 heavy (non-hydrogen) atoms. The molecule has 0 spiro atoms. The summed E-state index contributed by atoms with van der Waals surface area (Å²) in [6, 6.07) is 2.63. The van der Waals surface area contributed by atoms with Crippen molar-refractivity contribution in [2.45, 2.75) is 32.0 Å². The van der Waals surface area contributed by atoms with Crippen molar-refractivity contribution in [3.05, 3.63) is 24.0 Å². The monoisotopic (exact) mass is 289 g/mol. The van der Waals surface area contributed by atoms with Crippen LogP contribution in [-0.4, -0.2) is 21.9 Å². The van der Waals surface area contributed by atoms with Gasteiger partial charge in [-0.1, -0.05) is 18.7 Å². The highest BCUT2D eigenvalue weighted by Gasteiger charge is 2.32. The largest absolute Gasteiger partial charge is 0.433 e. The molecule has 1 aliphatic rings.